The standard InChI is InChI=1S/C9H7BrClFO2/c1-2-14-9(13)5-3-4-6(11)7(10)8(5)12/h3-4H,2H2,1H3. The molecule has 1 aromatic rings. The first-order valence-electron chi connectivity index (χ1n) is 3.88. The van der Waals surface area contributed by atoms with Crippen LogP contribution < -0.4 is 0 Å². The molecule has 0 aliphatic carbocycles. The van der Waals surface area contributed by atoms with Crippen LogP contribution in [0.1, 0.15) is 17.3 Å². The van der Waals surface area contributed by atoms with Crippen molar-refractivity contribution in [3.8, 4) is 0 Å². The molecule has 0 saturated carbocycles. The van der Waals surface area contributed by atoms with Crippen molar-refractivity contribution in [3.63, 3.8) is 0 Å². The van der Waals surface area contributed by atoms with Gasteiger partial charge >= 0.3 is 5.97 Å². The zero-order valence-electron chi connectivity index (χ0n) is 7.31. The van der Waals surface area contributed by atoms with Crippen molar-refractivity contribution in [2.24, 2.45) is 0 Å². The molecule has 5 heteroatoms. The Balaban J connectivity index is 3.11. The molecule has 1 aromatic carbocycles. The predicted molar refractivity (Wildman–Crippen MR) is 55.1 cm³/mol. The second kappa shape index (κ2) is 4.75. The van der Waals surface area contributed by atoms with E-state index in [0.717, 1.165) is 0 Å². The minimum absolute atomic E-state index is 0.0738. The highest BCUT2D eigenvalue weighted by Gasteiger charge is 2.16. The number of hydrogen-bond acceptors (Lipinski definition) is 2. The second-order valence-electron chi connectivity index (χ2n) is 2.44. The summed E-state index contributed by atoms with van der Waals surface area (Å²) >= 11 is 8.56. The van der Waals surface area contributed by atoms with Crippen LogP contribution in [-0.2, 0) is 4.74 Å². The number of esters is 1. The summed E-state index contributed by atoms with van der Waals surface area (Å²) in [5.74, 6) is -1.39. The zero-order valence-corrected chi connectivity index (χ0v) is 9.65. The highest BCUT2D eigenvalue weighted by Crippen LogP contribution is 2.27. The van der Waals surface area contributed by atoms with Gasteiger partial charge in [-0.25, -0.2) is 9.18 Å². The molecule has 1 rings (SSSR count). The Morgan fingerprint density at radius 3 is 2.86 bits per heavy atom. The molecule has 0 spiro atoms. The molecule has 0 fully saturated rings. The maximum Gasteiger partial charge on any atom is 0.341 e. The number of carbonyl (C=O) groups is 1. The molecule has 0 atom stereocenters. The molecule has 0 aromatic heterocycles. The minimum atomic E-state index is -0.698. The van der Waals surface area contributed by atoms with E-state index in [4.69, 9.17) is 11.6 Å². The number of carbonyl (C=O) groups excluding carboxylic acids is 1. The first kappa shape index (κ1) is 11.5. The van der Waals surface area contributed by atoms with Crippen molar-refractivity contribution in [3.05, 3.63) is 33.0 Å². The smallest absolute Gasteiger partial charge is 0.341 e. The average molecular weight is 282 g/mol. The summed E-state index contributed by atoms with van der Waals surface area (Å²) in [6.07, 6.45) is 0. The average Bonchev–Trinajstić information content (AvgIpc) is 2.15. The first-order chi connectivity index (χ1) is 6.57. The monoisotopic (exact) mass is 280 g/mol. The van der Waals surface area contributed by atoms with Crippen molar-refractivity contribution in [2.75, 3.05) is 6.61 Å². The fourth-order valence-electron chi connectivity index (χ4n) is 0.892. The normalized spacial score (nSPS) is 10.0. The van der Waals surface area contributed by atoms with Gasteiger partial charge in [-0.1, -0.05) is 11.6 Å². The summed E-state index contributed by atoms with van der Waals surface area (Å²) < 4.78 is 18.1. The van der Waals surface area contributed by atoms with Crippen LogP contribution >= 0.6 is 27.5 Å². The van der Waals surface area contributed by atoms with Gasteiger partial charge in [-0.15, -0.1) is 0 Å². The van der Waals surface area contributed by atoms with Crippen molar-refractivity contribution < 1.29 is 13.9 Å². The molecule has 0 aliphatic heterocycles. The van der Waals surface area contributed by atoms with Crippen molar-refractivity contribution in [1.29, 1.82) is 0 Å². The van der Waals surface area contributed by atoms with Gasteiger partial charge in [-0.2, -0.15) is 0 Å². The van der Waals surface area contributed by atoms with Crippen LogP contribution in [0.2, 0.25) is 5.02 Å². The predicted octanol–water partition coefficient (Wildman–Crippen LogP) is 3.42. The van der Waals surface area contributed by atoms with Gasteiger partial charge in [0.2, 0.25) is 0 Å². The summed E-state index contributed by atoms with van der Waals surface area (Å²) in [5.41, 5.74) is -0.122. The third-order valence-electron chi connectivity index (χ3n) is 1.53. The Morgan fingerprint density at radius 1 is 1.64 bits per heavy atom. The van der Waals surface area contributed by atoms with Gasteiger partial charge < -0.3 is 4.74 Å². The van der Waals surface area contributed by atoms with Gasteiger partial charge in [-0.05, 0) is 35.0 Å². The van der Waals surface area contributed by atoms with Gasteiger partial charge in [0, 0.05) is 0 Å². The number of halogens is 3. The molecular weight excluding hydrogens is 274 g/mol. The lowest BCUT2D eigenvalue weighted by Crippen LogP contribution is -2.07. The first-order valence-corrected chi connectivity index (χ1v) is 5.05. The molecule has 14 heavy (non-hydrogen) atoms. The maximum absolute atomic E-state index is 13.4. The lowest BCUT2D eigenvalue weighted by molar-refractivity contribution is 0.0521. The molecule has 0 aliphatic rings. The van der Waals surface area contributed by atoms with Crippen molar-refractivity contribution in [2.45, 2.75) is 6.92 Å². The third kappa shape index (κ3) is 2.25. The number of rotatable bonds is 2. The molecule has 0 radical (unpaired) electrons. The number of ether oxygens (including phenoxy) is 1. The number of benzene rings is 1. The van der Waals surface area contributed by atoms with E-state index in [1.165, 1.54) is 12.1 Å². The van der Waals surface area contributed by atoms with Gasteiger partial charge in [-0.3, -0.25) is 0 Å². The lowest BCUT2D eigenvalue weighted by Gasteiger charge is -2.05. The van der Waals surface area contributed by atoms with Gasteiger partial charge in [0.15, 0.2) is 5.82 Å². The Labute approximate surface area is 94.1 Å². The Kier molecular flexibility index (Phi) is 3.89. The molecule has 2 nitrogen and oxygen atoms in total. The van der Waals surface area contributed by atoms with E-state index in [9.17, 15) is 9.18 Å². The van der Waals surface area contributed by atoms with Crippen LogP contribution in [0.15, 0.2) is 16.6 Å². The Morgan fingerprint density at radius 2 is 2.29 bits per heavy atom. The quantitative estimate of drug-likeness (QED) is 0.613. The van der Waals surface area contributed by atoms with Gasteiger partial charge in [0.1, 0.15) is 0 Å². The summed E-state index contributed by atoms with van der Waals surface area (Å²) in [4.78, 5) is 11.2. The highest BCUT2D eigenvalue weighted by molar-refractivity contribution is 9.10. The molecular formula is C9H7BrClFO2. The van der Waals surface area contributed by atoms with Crippen LogP contribution in [0.25, 0.3) is 0 Å². The molecule has 0 heterocycles. The van der Waals surface area contributed by atoms with Crippen molar-refractivity contribution >= 4 is 33.5 Å². The van der Waals surface area contributed by atoms with E-state index in [1.807, 2.05) is 0 Å². The largest absolute Gasteiger partial charge is 0.462 e. The van der Waals surface area contributed by atoms with Crippen LogP contribution in [0, 0.1) is 5.82 Å². The zero-order chi connectivity index (χ0) is 10.7. The fourth-order valence-corrected chi connectivity index (χ4v) is 1.38. The van der Waals surface area contributed by atoms with E-state index in [0.29, 0.717) is 0 Å². The van der Waals surface area contributed by atoms with Crippen LogP contribution in [0.4, 0.5) is 4.39 Å². The van der Waals surface area contributed by atoms with Crippen molar-refractivity contribution in [1.82, 2.24) is 0 Å². The molecule has 0 N–H and O–H groups in total. The molecule has 76 valence electrons. The Hall–Kier alpha value is -0.610. The van der Waals surface area contributed by atoms with E-state index >= 15 is 0 Å². The number of hydrogen-bond donors (Lipinski definition) is 0. The van der Waals surface area contributed by atoms with E-state index in [2.05, 4.69) is 20.7 Å². The fraction of sp³-hybridized carbons (Fsp3) is 0.222. The summed E-state index contributed by atoms with van der Waals surface area (Å²) in [7, 11) is 0. The third-order valence-corrected chi connectivity index (χ3v) is 2.85. The molecule has 0 unspecified atom stereocenters. The summed E-state index contributed by atoms with van der Waals surface area (Å²) in [5, 5.41) is 0.218. The maximum atomic E-state index is 13.4. The van der Waals surface area contributed by atoms with E-state index < -0.39 is 11.8 Å². The molecule has 0 amide bonds. The SMILES string of the molecule is CCOC(=O)c1ccc(Cl)c(Br)c1F. The summed E-state index contributed by atoms with van der Waals surface area (Å²) in [6.45, 7) is 1.86. The Bertz CT molecular complexity index is 368. The van der Waals surface area contributed by atoms with Crippen LogP contribution in [0.3, 0.4) is 0 Å². The minimum Gasteiger partial charge on any atom is -0.462 e. The topological polar surface area (TPSA) is 26.3 Å². The lowest BCUT2D eigenvalue weighted by atomic mass is 10.2. The highest BCUT2D eigenvalue weighted by atomic mass is 79.9. The van der Waals surface area contributed by atoms with Gasteiger partial charge in [0.05, 0.1) is 21.7 Å². The summed E-state index contributed by atoms with van der Waals surface area (Å²) in [6, 6.07) is 2.72. The van der Waals surface area contributed by atoms with Crippen LogP contribution in [-0.4, -0.2) is 12.6 Å². The molecule has 0 saturated heterocycles. The van der Waals surface area contributed by atoms with E-state index in [-0.39, 0.29) is 21.7 Å². The van der Waals surface area contributed by atoms with Gasteiger partial charge in [0.25, 0.3) is 0 Å². The second-order valence-corrected chi connectivity index (χ2v) is 3.64. The molecule has 0 bridgehead atoms. The van der Waals surface area contributed by atoms with Crippen LogP contribution in [0.5, 0.6) is 0 Å². The van der Waals surface area contributed by atoms with E-state index in [1.54, 1.807) is 6.92 Å².